The number of aromatic amines is 1. The monoisotopic (exact) mass is 137 g/mol. The van der Waals surface area contributed by atoms with E-state index in [2.05, 4.69) is 11.6 Å². The molecule has 0 radical (unpaired) electrons. The van der Waals surface area contributed by atoms with Gasteiger partial charge in [-0.15, -0.1) is 0 Å². The first-order valence-corrected chi connectivity index (χ1v) is 3.63. The summed E-state index contributed by atoms with van der Waals surface area (Å²) in [5.41, 5.74) is 0. The first kappa shape index (κ1) is 9.02. The van der Waals surface area contributed by atoms with E-state index in [4.69, 9.17) is 0 Å². The minimum absolute atomic E-state index is 1.06. The van der Waals surface area contributed by atoms with E-state index >= 15 is 0 Å². The first-order chi connectivity index (χ1) is 4.84. The largest absolute Gasteiger partial charge is 0.361 e. The molecule has 1 rings (SSSR count). The van der Waals surface area contributed by atoms with Crippen LogP contribution < -0.4 is 10.6 Å². The lowest BCUT2D eigenvalue weighted by atomic mass is 10.4. The molecule has 1 heteroatoms. The molecule has 0 aliphatic rings. The van der Waals surface area contributed by atoms with Crippen molar-refractivity contribution in [3.63, 3.8) is 0 Å². The van der Waals surface area contributed by atoms with Crippen LogP contribution in [0.4, 0.5) is 0 Å². The fraction of sp³-hybridized carbons (Fsp3) is 0.333. The quantitative estimate of drug-likeness (QED) is 0.554. The Bertz CT molecular complexity index is 257. The van der Waals surface area contributed by atoms with Crippen LogP contribution >= 0.6 is 0 Å². The van der Waals surface area contributed by atoms with E-state index in [1.54, 1.807) is 0 Å². The van der Waals surface area contributed by atoms with Crippen molar-refractivity contribution in [2.75, 3.05) is 0 Å². The molecule has 0 spiro atoms. The zero-order chi connectivity index (χ0) is 7.98. The zero-order valence-electron chi connectivity index (χ0n) is 6.94. The molecule has 0 amide bonds. The van der Waals surface area contributed by atoms with Gasteiger partial charge in [0.1, 0.15) is 0 Å². The molecular weight excluding hydrogens is 122 g/mol. The van der Waals surface area contributed by atoms with Crippen LogP contribution in [0.3, 0.4) is 0 Å². The Labute approximate surface area is 62.1 Å². The van der Waals surface area contributed by atoms with Crippen LogP contribution in [0.5, 0.6) is 0 Å². The molecule has 0 aliphatic heterocycles. The molecule has 1 N–H and O–H groups in total. The Morgan fingerprint density at radius 2 is 2.10 bits per heavy atom. The Morgan fingerprint density at radius 1 is 1.50 bits per heavy atom. The fourth-order valence-electron chi connectivity index (χ4n) is 0.683. The predicted molar refractivity (Wildman–Crippen MR) is 47.1 cm³/mol. The second-order valence-electron chi connectivity index (χ2n) is 1.71. The van der Waals surface area contributed by atoms with E-state index in [9.17, 15) is 0 Å². The Kier molecular flexibility index (Phi) is 4.38. The summed E-state index contributed by atoms with van der Waals surface area (Å²) in [5.74, 6) is 0. The topological polar surface area (TPSA) is 15.8 Å². The molecule has 56 valence electrons. The van der Waals surface area contributed by atoms with Crippen LogP contribution in [0.25, 0.3) is 12.7 Å². The second kappa shape index (κ2) is 4.86. The van der Waals surface area contributed by atoms with Gasteiger partial charge in [-0.1, -0.05) is 26.5 Å². The van der Waals surface area contributed by atoms with Gasteiger partial charge in [0.05, 0.1) is 0 Å². The van der Waals surface area contributed by atoms with Gasteiger partial charge in [0.15, 0.2) is 0 Å². The van der Waals surface area contributed by atoms with Gasteiger partial charge in [-0.05, 0) is 18.2 Å². The Balaban J connectivity index is 0.000000371. The number of hydrogen-bond acceptors (Lipinski definition) is 0. The molecule has 1 nitrogen and oxygen atoms in total. The number of rotatable bonds is 0. The SMILES string of the molecule is C=c1cc[nH]/c1=C/C.CC. The van der Waals surface area contributed by atoms with Gasteiger partial charge < -0.3 is 4.98 Å². The molecule has 0 fully saturated rings. The average molecular weight is 137 g/mol. The van der Waals surface area contributed by atoms with E-state index in [0.717, 1.165) is 10.6 Å². The standard InChI is InChI=1S/C7H9N.C2H6/c1-3-7-6(2)4-5-8-7;1-2/h3-5,8H,2H2,1H3;1-2H3/b7-3+;. The summed E-state index contributed by atoms with van der Waals surface area (Å²) >= 11 is 0. The molecule has 1 aromatic rings. The van der Waals surface area contributed by atoms with Gasteiger partial charge in [-0.2, -0.15) is 0 Å². The summed E-state index contributed by atoms with van der Waals surface area (Å²) in [4.78, 5) is 3.04. The van der Waals surface area contributed by atoms with Gasteiger partial charge in [-0.3, -0.25) is 0 Å². The second-order valence-corrected chi connectivity index (χ2v) is 1.71. The van der Waals surface area contributed by atoms with Gasteiger partial charge in [-0.25, -0.2) is 0 Å². The highest BCUT2D eigenvalue weighted by Crippen LogP contribution is 1.58. The summed E-state index contributed by atoms with van der Waals surface area (Å²) in [6, 6.07) is 1.95. The molecule has 0 saturated carbocycles. The molecular formula is C9H15N. The van der Waals surface area contributed by atoms with Crippen molar-refractivity contribution in [1.29, 1.82) is 0 Å². The molecule has 1 aromatic heterocycles. The fourth-order valence-corrected chi connectivity index (χ4v) is 0.683. The highest BCUT2D eigenvalue weighted by molar-refractivity contribution is 5.18. The minimum atomic E-state index is 1.06. The summed E-state index contributed by atoms with van der Waals surface area (Å²) in [6.07, 6.45) is 3.89. The number of aromatic nitrogens is 1. The van der Waals surface area contributed by atoms with E-state index in [0.29, 0.717) is 0 Å². The van der Waals surface area contributed by atoms with Crippen molar-refractivity contribution in [3.05, 3.63) is 22.8 Å². The first-order valence-electron chi connectivity index (χ1n) is 3.63. The van der Waals surface area contributed by atoms with E-state index in [1.807, 2.05) is 39.1 Å². The summed E-state index contributed by atoms with van der Waals surface area (Å²) in [5, 5.41) is 2.18. The molecule has 0 aromatic carbocycles. The smallest absolute Gasteiger partial charge is 0.0404 e. The third kappa shape index (κ3) is 2.09. The van der Waals surface area contributed by atoms with Crippen LogP contribution in [0.1, 0.15) is 20.8 Å². The lowest BCUT2D eigenvalue weighted by Gasteiger charge is -1.69. The van der Waals surface area contributed by atoms with Gasteiger partial charge in [0.25, 0.3) is 0 Å². The third-order valence-corrected chi connectivity index (χ3v) is 1.16. The van der Waals surface area contributed by atoms with Crippen molar-refractivity contribution >= 4 is 12.7 Å². The van der Waals surface area contributed by atoms with Crippen molar-refractivity contribution in [1.82, 2.24) is 4.98 Å². The zero-order valence-corrected chi connectivity index (χ0v) is 6.94. The van der Waals surface area contributed by atoms with Crippen LogP contribution in [0.15, 0.2) is 12.3 Å². The predicted octanol–water partition coefficient (Wildman–Crippen LogP) is 1.25. The Hall–Kier alpha value is -0.980. The molecule has 0 aliphatic carbocycles. The highest BCUT2D eigenvalue weighted by Gasteiger charge is 1.75. The molecule has 0 saturated heterocycles. The Morgan fingerprint density at radius 3 is 2.30 bits per heavy atom. The van der Waals surface area contributed by atoms with Crippen molar-refractivity contribution < 1.29 is 0 Å². The molecule has 0 atom stereocenters. The van der Waals surface area contributed by atoms with Crippen LogP contribution in [-0.4, -0.2) is 4.98 Å². The van der Waals surface area contributed by atoms with Gasteiger partial charge in [0.2, 0.25) is 0 Å². The van der Waals surface area contributed by atoms with Gasteiger partial charge in [0, 0.05) is 11.5 Å². The summed E-state index contributed by atoms with van der Waals surface area (Å²) in [6.45, 7) is 9.78. The summed E-state index contributed by atoms with van der Waals surface area (Å²) < 4.78 is 0. The maximum absolute atomic E-state index is 3.79. The van der Waals surface area contributed by atoms with E-state index in [-0.39, 0.29) is 0 Å². The van der Waals surface area contributed by atoms with Crippen LogP contribution in [0.2, 0.25) is 0 Å². The molecule has 10 heavy (non-hydrogen) atoms. The molecule has 1 heterocycles. The van der Waals surface area contributed by atoms with Crippen molar-refractivity contribution in [3.8, 4) is 0 Å². The summed E-state index contributed by atoms with van der Waals surface area (Å²) in [7, 11) is 0. The number of hydrogen-bond donors (Lipinski definition) is 1. The maximum atomic E-state index is 3.79. The number of nitrogens with one attached hydrogen (secondary N) is 1. The number of H-pyrrole nitrogens is 1. The lowest BCUT2D eigenvalue weighted by Crippen LogP contribution is -2.19. The third-order valence-electron chi connectivity index (χ3n) is 1.16. The van der Waals surface area contributed by atoms with Crippen LogP contribution in [-0.2, 0) is 0 Å². The average Bonchev–Trinajstić information content (AvgIpc) is 2.39. The highest BCUT2D eigenvalue weighted by atomic mass is 14.6. The lowest BCUT2D eigenvalue weighted by molar-refractivity contribution is 1.31. The van der Waals surface area contributed by atoms with Crippen molar-refractivity contribution in [2.24, 2.45) is 0 Å². The molecule has 0 bridgehead atoms. The molecule has 0 unspecified atom stereocenters. The van der Waals surface area contributed by atoms with Gasteiger partial charge >= 0.3 is 0 Å². The van der Waals surface area contributed by atoms with E-state index in [1.165, 1.54) is 0 Å². The van der Waals surface area contributed by atoms with Crippen LogP contribution in [0, 0.1) is 0 Å². The van der Waals surface area contributed by atoms with Crippen molar-refractivity contribution in [2.45, 2.75) is 20.8 Å². The normalized spacial score (nSPS) is 10.5. The maximum Gasteiger partial charge on any atom is 0.0404 e. The van der Waals surface area contributed by atoms with E-state index < -0.39 is 0 Å². The minimum Gasteiger partial charge on any atom is -0.361 e.